The van der Waals surface area contributed by atoms with Crippen molar-refractivity contribution in [2.24, 2.45) is 5.41 Å². The number of nitriles is 1. The van der Waals surface area contributed by atoms with Gasteiger partial charge in [-0.25, -0.2) is 0 Å². The number of Topliss-reactive ketones (excluding diaryl/α,β-unsaturated/α-hetero) is 1. The number of methoxy groups -OCH3 is 2. The van der Waals surface area contributed by atoms with Crippen LogP contribution in [0.3, 0.4) is 0 Å². The largest absolute Gasteiger partial charge is 0.496 e. The average Bonchev–Trinajstić information content (AvgIpc) is 3.24. The highest BCUT2D eigenvalue weighted by Crippen LogP contribution is 2.56. The van der Waals surface area contributed by atoms with Gasteiger partial charge in [0, 0.05) is 21.6 Å². The maximum absolute atomic E-state index is 14.4. The summed E-state index contributed by atoms with van der Waals surface area (Å²) in [5.41, 5.74) is 1.15. The molecule has 2 aliphatic heterocycles. The van der Waals surface area contributed by atoms with E-state index in [-0.39, 0.29) is 5.78 Å². The number of nitrogens with zero attached hydrogens (tertiary/aromatic N) is 2. The highest BCUT2D eigenvalue weighted by molar-refractivity contribution is 9.10. The van der Waals surface area contributed by atoms with E-state index in [1.165, 1.54) is 7.11 Å². The lowest BCUT2D eigenvalue weighted by atomic mass is 9.68. The number of fused-ring (bicyclic) bond motifs is 3. The fourth-order valence-corrected chi connectivity index (χ4v) is 6.37. The highest BCUT2D eigenvalue weighted by atomic mass is 79.9. The first kappa shape index (κ1) is 25.2. The lowest BCUT2D eigenvalue weighted by Crippen LogP contribution is -2.46. The van der Waals surface area contributed by atoms with Gasteiger partial charge in [0.25, 0.3) is 0 Å². The van der Waals surface area contributed by atoms with Crippen LogP contribution in [0.4, 0.5) is 5.69 Å². The van der Waals surface area contributed by atoms with Crippen LogP contribution in [-0.4, -0.2) is 38.1 Å². The third kappa shape index (κ3) is 3.89. The van der Waals surface area contributed by atoms with Gasteiger partial charge in [0.2, 0.25) is 0 Å². The summed E-state index contributed by atoms with van der Waals surface area (Å²) >= 11 is 6.95. The Balaban J connectivity index is 1.80. The van der Waals surface area contributed by atoms with Gasteiger partial charge in [0.05, 0.1) is 30.8 Å². The first-order valence-electron chi connectivity index (χ1n) is 11.6. The number of anilines is 1. The normalized spacial score (nSPS) is 23.5. The van der Waals surface area contributed by atoms with E-state index in [9.17, 15) is 14.9 Å². The SMILES string of the molecule is COC(=O)[C@]1(C#N)[C@H](c2ccc(Br)cc2)[C@@H](C(=O)c2ccc(OC)c(Br)c2)N2c3ccccc3C=C[C@H]21. The maximum atomic E-state index is 14.4. The number of hydrogen-bond acceptors (Lipinski definition) is 6. The van der Waals surface area contributed by atoms with E-state index < -0.39 is 29.4 Å². The van der Waals surface area contributed by atoms with E-state index in [0.29, 0.717) is 21.3 Å². The third-order valence-electron chi connectivity index (χ3n) is 7.19. The zero-order chi connectivity index (χ0) is 26.3. The summed E-state index contributed by atoms with van der Waals surface area (Å²) < 4.78 is 12.1. The number of hydrogen-bond donors (Lipinski definition) is 0. The predicted octanol–water partition coefficient (Wildman–Crippen LogP) is 6.15. The molecule has 0 unspecified atom stereocenters. The van der Waals surface area contributed by atoms with Crippen molar-refractivity contribution in [1.29, 1.82) is 5.26 Å². The molecule has 0 radical (unpaired) electrons. The molecule has 1 fully saturated rings. The van der Waals surface area contributed by atoms with Crippen LogP contribution in [0.15, 0.2) is 81.8 Å². The van der Waals surface area contributed by atoms with Crippen LogP contribution < -0.4 is 9.64 Å². The number of carbonyl (C=O) groups excluding carboxylic acids is 2. The van der Waals surface area contributed by atoms with Gasteiger partial charge in [-0.3, -0.25) is 9.59 Å². The van der Waals surface area contributed by atoms with Crippen LogP contribution in [0.25, 0.3) is 6.08 Å². The standard InChI is InChI=1S/C29H22Br2N2O4/c1-36-23-13-9-19(15-21(23)31)27(34)26-25(18-7-11-20(30)12-8-18)29(16-32,28(35)37-2)24-14-10-17-5-3-4-6-22(17)33(24)26/h3-15,24-26H,1-2H3/t24-,25+,26-,29-/m0/s1. The summed E-state index contributed by atoms with van der Waals surface area (Å²) in [7, 11) is 2.84. The Bertz CT molecular complexity index is 1460. The lowest BCUT2D eigenvalue weighted by molar-refractivity contribution is -0.150. The van der Waals surface area contributed by atoms with Gasteiger partial charge in [-0.15, -0.1) is 0 Å². The summed E-state index contributed by atoms with van der Waals surface area (Å²) in [6, 6.07) is 21.0. The average molecular weight is 622 g/mol. The number of rotatable bonds is 5. The quantitative estimate of drug-likeness (QED) is 0.251. The molecule has 0 saturated carbocycles. The monoisotopic (exact) mass is 620 g/mol. The number of carbonyl (C=O) groups is 2. The Morgan fingerprint density at radius 3 is 2.41 bits per heavy atom. The summed E-state index contributed by atoms with van der Waals surface area (Å²) in [4.78, 5) is 29.9. The second-order valence-electron chi connectivity index (χ2n) is 8.93. The summed E-state index contributed by atoms with van der Waals surface area (Å²) in [5, 5.41) is 10.7. The molecule has 4 atom stereocenters. The van der Waals surface area contributed by atoms with Gasteiger partial charge >= 0.3 is 5.97 Å². The molecular formula is C29H22Br2N2O4. The van der Waals surface area contributed by atoms with E-state index in [0.717, 1.165) is 15.7 Å². The van der Waals surface area contributed by atoms with Crippen molar-refractivity contribution in [3.63, 3.8) is 0 Å². The molecule has 5 rings (SSSR count). The molecule has 6 nitrogen and oxygen atoms in total. The molecule has 0 aromatic heterocycles. The van der Waals surface area contributed by atoms with Crippen LogP contribution in [0.2, 0.25) is 0 Å². The third-order valence-corrected chi connectivity index (χ3v) is 8.34. The van der Waals surface area contributed by atoms with E-state index >= 15 is 0 Å². The Morgan fingerprint density at radius 2 is 1.76 bits per heavy atom. The Hall–Kier alpha value is -3.41. The minimum Gasteiger partial charge on any atom is -0.496 e. The number of benzene rings is 3. The minimum absolute atomic E-state index is 0.215. The van der Waals surface area contributed by atoms with Gasteiger partial charge < -0.3 is 14.4 Å². The number of ketones is 1. The number of esters is 1. The molecule has 37 heavy (non-hydrogen) atoms. The molecule has 3 aromatic carbocycles. The first-order chi connectivity index (χ1) is 17.9. The lowest BCUT2D eigenvalue weighted by Gasteiger charge is -2.36. The van der Waals surface area contributed by atoms with Gasteiger partial charge in [-0.2, -0.15) is 5.26 Å². The fourth-order valence-electron chi connectivity index (χ4n) is 5.57. The Morgan fingerprint density at radius 1 is 1.03 bits per heavy atom. The number of para-hydroxylation sites is 1. The summed E-state index contributed by atoms with van der Waals surface area (Å²) in [5.74, 6) is -1.11. The van der Waals surface area contributed by atoms with Crippen molar-refractivity contribution in [2.75, 3.05) is 19.1 Å². The van der Waals surface area contributed by atoms with E-state index in [1.807, 2.05) is 65.6 Å². The molecule has 0 aliphatic carbocycles. The Kier molecular flexibility index (Phi) is 6.69. The van der Waals surface area contributed by atoms with Crippen molar-refractivity contribution in [2.45, 2.75) is 18.0 Å². The number of ether oxygens (including phenoxy) is 2. The second-order valence-corrected chi connectivity index (χ2v) is 10.7. The maximum Gasteiger partial charge on any atom is 0.329 e. The van der Waals surface area contributed by atoms with Crippen molar-refractivity contribution >= 4 is 55.4 Å². The molecule has 3 aromatic rings. The van der Waals surface area contributed by atoms with Crippen molar-refractivity contribution in [3.8, 4) is 11.8 Å². The van der Waals surface area contributed by atoms with Gasteiger partial charge in [-0.1, -0.05) is 58.4 Å². The van der Waals surface area contributed by atoms with Crippen LogP contribution in [0.1, 0.15) is 27.4 Å². The van der Waals surface area contributed by atoms with Gasteiger partial charge in [0.1, 0.15) is 11.8 Å². The molecule has 1 saturated heterocycles. The van der Waals surface area contributed by atoms with Crippen molar-refractivity contribution in [1.82, 2.24) is 0 Å². The zero-order valence-corrected chi connectivity index (χ0v) is 23.2. The van der Waals surface area contributed by atoms with Crippen LogP contribution >= 0.6 is 31.9 Å². The molecule has 0 amide bonds. The van der Waals surface area contributed by atoms with Crippen LogP contribution in [0.5, 0.6) is 5.75 Å². The molecule has 0 spiro atoms. The topological polar surface area (TPSA) is 79.6 Å². The van der Waals surface area contributed by atoms with Crippen LogP contribution in [0, 0.1) is 16.7 Å². The number of halogens is 2. The molecule has 0 N–H and O–H groups in total. The smallest absolute Gasteiger partial charge is 0.329 e. The van der Waals surface area contributed by atoms with Gasteiger partial charge in [0.15, 0.2) is 11.2 Å². The second kappa shape index (κ2) is 9.81. The molecule has 0 bridgehead atoms. The Labute approximate surface area is 231 Å². The van der Waals surface area contributed by atoms with E-state index in [1.54, 1.807) is 25.3 Å². The molecule has 2 heterocycles. The van der Waals surface area contributed by atoms with Crippen LogP contribution in [-0.2, 0) is 9.53 Å². The van der Waals surface area contributed by atoms with Gasteiger partial charge in [-0.05, 0) is 63.5 Å². The molecule has 186 valence electrons. The molecular weight excluding hydrogens is 600 g/mol. The predicted molar refractivity (Wildman–Crippen MR) is 148 cm³/mol. The van der Waals surface area contributed by atoms with Crippen molar-refractivity contribution in [3.05, 3.63) is 98.4 Å². The molecule has 8 heteroatoms. The van der Waals surface area contributed by atoms with Crippen molar-refractivity contribution < 1.29 is 19.1 Å². The molecule has 2 aliphatic rings. The first-order valence-corrected chi connectivity index (χ1v) is 13.1. The zero-order valence-electron chi connectivity index (χ0n) is 20.0. The van der Waals surface area contributed by atoms with E-state index in [4.69, 9.17) is 9.47 Å². The fraction of sp³-hybridized carbons (Fsp3) is 0.207. The summed E-state index contributed by atoms with van der Waals surface area (Å²) in [6.07, 6.45) is 3.74. The summed E-state index contributed by atoms with van der Waals surface area (Å²) in [6.45, 7) is 0. The van der Waals surface area contributed by atoms with E-state index in [2.05, 4.69) is 37.9 Å². The highest BCUT2D eigenvalue weighted by Gasteiger charge is 2.67. The minimum atomic E-state index is -1.67.